The van der Waals surface area contributed by atoms with Crippen molar-refractivity contribution in [1.82, 2.24) is 10.3 Å². The summed E-state index contributed by atoms with van der Waals surface area (Å²) in [7, 11) is 0. The Morgan fingerprint density at radius 2 is 2.12 bits per heavy atom. The van der Waals surface area contributed by atoms with Crippen molar-refractivity contribution in [3.8, 4) is 0 Å². The number of pyridine rings is 1. The van der Waals surface area contributed by atoms with E-state index in [1.54, 1.807) is 6.07 Å². The number of hydrogen-bond donors (Lipinski definition) is 2. The molecule has 4 heteroatoms. The van der Waals surface area contributed by atoms with E-state index in [9.17, 15) is 9.59 Å². The highest BCUT2D eigenvalue weighted by Gasteiger charge is 2.30. The van der Waals surface area contributed by atoms with E-state index in [0.717, 1.165) is 12.8 Å². The van der Waals surface area contributed by atoms with Gasteiger partial charge in [-0.3, -0.25) is 9.59 Å². The lowest BCUT2D eigenvalue weighted by atomic mass is 9.97. The summed E-state index contributed by atoms with van der Waals surface area (Å²) < 4.78 is 0. The smallest absolute Gasteiger partial charge is 0.252 e. The van der Waals surface area contributed by atoms with Gasteiger partial charge < -0.3 is 10.3 Å². The van der Waals surface area contributed by atoms with Crippen molar-refractivity contribution < 1.29 is 4.79 Å². The van der Waals surface area contributed by atoms with Gasteiger partial charge >= 0.3 is 0 Å². The van der Waals surface area contributed by atoms with E-state index in [2.05, 4.69) is 24.1 Å². The van der Waals surface area contributed by atoms with Gasteiger partial charge in [-0.2, -0.15) is 0 Å². The molecule has 1 aromatic heterocycles. The summed E-state index contributed by atoms with van der Waals surface area (Å²) >= 11 is 0. The van der Waals surface area contributed by atoms with Gasteiger partial charge in [0.25, 0.3) is 5.91 Å². The molecule has 3 unspecified atom stereocenters. The maximum atomic E-state index is 11.9. The number of carbonyl (C=O) groups excluding carboxylic acids is 1. The van der Waals surface area contributed by atoms with Crippen LogP contribution in [0.15, 0.2) is 23.1 Å². The van der Waals surface area contributed by atoms with Gasteiger partial charge in [0.1, 0.15) is 0 Å². The van der Waals surface area contributed by atoms with Crippen molar-refractivity contribution in [1.29, 1.82) is 0 Å². The third kappa shape index (κ3) is 2.57. The van der Waals surface area contributed by atoms with E-state index < -0.39 is 0 Å². The molecule has 0 bridgehead atoms. The van der Waals surface area contributed by atoms with Crippen molar-refractivity contribution in [2.75, 3.05) is 0 Å². The van der Waals surface area contributed by atoms with Crippen LogP contribution in [-0.2, 0) is 0 Å². The van der Waals surface area contributed by atoms with Crippen molar-refractivity contribution in [2.24, 2.45) is 11.8 Å². The highest BCUT2D eigenvalue weighted by Crippen LogP contribution is 2.31. The van der Waals surface area contributed by atoms with E-state index in [-0.39, 0.29) is 17.5 Å². The summed E-state index contributed by atoms with van der Waals surface area (Å²) in [6, 6.07) is 3.18. The quantitative estimate of drug-likeness (QED) is 0.815. The van der Waals surface area contributed by atoms with Crippen LogP contribution in [0.3, 0.4) is 0 Å². The number of amides is 1. The average molecular weight is 234 g/mol. The molecule has 3 atom stereocenters. The van der Waals surface area contributed by atoms with Crippen LogP contribution in [0.2, 0.25) is 0 Å². The van der Waals surface area contributed by atoms with Crippen molar-refractivity contribution in [2.45, 2.75) is 32.7 Å². The molecule has 0 radical (unpaired) electrons. The Bertz CT molecular complexity index is 446. The Labute approximate surface area is 100 Å². The van der Waals surface area contributed by atoms with Gasteiger partial charge in [0.2, 0.25) is 5.56 Å². The fraction of sp³-hybridized carbons (Fsp3) is 0.538. The van der Waals surface area contributed by atoms with E-state index >= 15 is 0 Å². The minimum Gasteiger partial charge on any atom is -0.349 e. The summed E-state index contributed by atoms with van der Waals surface area (Å²) in [5, 5.41) is 3.03. The largest absolute Gasteiger partial charge is 0.349 e. The number of rotatable bonds is 2. The zero-order valence-electron chi connectivity index (χ0n) is 10.2. The second-order valence-corrected chi connectivity index (χ2v) is 4.94. The Morgan fingerprint density at radius 3 is 2.65 bits per heavy atom. The lowest BCUT2D eigenvalue weighted by Crippen LogP contribution is -2.37. The molecule has 17 heavy (non-hydrogen) atoms. The van der Waals surface area contributed by atoms with Gasteiger partial charge in [0.05, 0.1) is 5.56 Å². The summed E-state index contributed by atoms with van der Waals surface area (Å²) in [6.45, 7) is 4.40. The lowest BCUT2D eigenvalue weighted by Gasteiger charge is -2.19. The molecule has 1 amide bonds. The van der Waals surface area contributed by atoms with Gasteiger partial charge in [-0.1, -0.05) is 13.8 Å². The van der Waals surface area contributed by atoms with Crippen LogP contribution in [0, 0.1) is 11.8 Å². The second kappa shape index (κ2) is 4.73. The number of H-pyrrole nitrogens is 1. The maximum absolute atomic E-state index is 11.9. The third-order valence-corrected chi connectivity index (χ3v) is 3.83. The molecular weight excluding hydrogens is 216 g/mol. The fourth-order valence-electron chi connectivity index (χ4n) is 2.37. The summed E-state index contributed by atoms with van der Waals surface area (Å²) in [5.41, 5.74) is 0.320. The Hall–Kier alpha value is -1.58. The molecule has 1 aromatic rings. The number of aromatic nitrogens is 1. The first-order valence-corrected chi connectivity index (χ1v) is 6.07. The second-order valence-electron chi connectivity index (χ2n) is 4.94. The average Bonchev–Trinajstić information content (AvgIpc) is 2.62. The summed E-state index contributed by atoms with van der Waals surface area (Å²) in [5.74, 6) is 1.07. The fourth-order valence-corrected chi connectivity index (χ4v) is 2.37. The molecule has 4 nitrogen and oxygen atoms in total. The molecule has 1 heterocycles. The molecule has 1 aliphatic rings. The van der Waals surface area contributed by atoms with E-state index in [1.807, 2.05) is 0 Å². The maximum Gasteiger partial charge on any atom is 0.252 e. The van der Waals surface area contributed by atoms with Crippen LogP contribution in [0.4, 0.5) is 0 Å². The third-order valence-electron chi connectivity index (χ3n) is 3.83. The molecule has 2 N–H and O–H groups in total. The van der Waals surface area contributed by atoms with Crippen molar-refractivity contribution in [3.63, 3.8) is 0 Å². The Morgan fingerprint density at radius 1 is 1.35 bits per heavy atom. The van der Waals surface area contributed by atoms with Gasteiger partial charge in [-0.05, 0) is 30.7 Å². The predicted molar refractivity (Wildman–Crippen MR) is 65.9 cm³/mol. The topological polar surface area (TPSA) is 62.0 Å². The Balaban J connectivity index is 2.02. The number of carbonyl (C=O) groups is 1. The highest BCUT2D eigenvalue weighted by atomic mass is 16.2. The van der Waals surface area contributed by atoms with Gasteiger partial charge in [0.15, 0.2) is 0 Å². The molecule has 0 aromatic carbocycles. The molecule has 0 saturated heterocycles. The van der Waals surface area contributed by atoms with Gasteiger partial charge in [-0.15, -0.1) is 0 Å². The van der Waals surface area contributed by atoms with E-state index in [0.29, 0.717) is 17.4 Å². The molecule has 92 valence electrons. The number of hydrogen-bond acceptors (Lipinski definition) is 2. The predicted octanol–water partition coefficient (Wildman–Crippen LogP) is 1.54. The van der Waals surface area contributed by atoms with E-state index in [4.69, 9.17) is 0 Å². The normalized spacial score (nSPS) is 28.0. The molecule has 0 spiro atoms. The van der Waals surface area contributed by atoms with Crippen LogP contribution in [0.25, 0.3) is 0 Å². The first kappa shape index (κ1) is 11.9. The molecule has 0 aliphatic heterocycles. The van der Waals surface area contributed by atoms with Gasteiger partial charge in [0, 0.05) is 18.3 Å². The SMILES string of the molecule is CC1CCC(NC(=O)c2ccc(=O)[nH]c2)C1C. The summed E-state index contributed by atoms with van der Waals surface area (Å²) in [4.78, 5) is 25.3. The van der Waals surface area contributed by atoms with Crippen LogP contribution in [0.5, 0.6) is 0 Å². The minimum absolute atomic E-state index is 0.104. The lowest BCUT2D eigenvalue weighted by molar-refractivity contribution is 0.0927. The van der Waals surface area contributed by atoms with Crippen LogP contribution >= 0.6 is 0 Å². The zero-order valence-corrected chi connectivity index (χ0v) is 10.2. The van der Waals surface area contributed by atoms with Crippen molar-refractivity contribution >= 4 is 5.91 Å². The van der Waals surface area contributed by atoms with Crippen LogP contribution < -0.4 is 10.9 Å². The molecule has 1 saturated carbocycles. The number of nitrogens with one attached hydrogen (secondary N) is 2. The highest BCUT2D eigenvalue weighted by molar-refractivity contribution is 5.94. The number of aromatic amines is 1. The first-order chi connectivity index (χ1) is 8.08. The molecule has 1 aliphatic carbocycles. The Kier molecular flexibility index (Phi) is 3.31. The molecular formula is C13H18N2O2. The van der Waals surface area contributed by atoms with Gasteiger partial charge in [-0.25, -0.2) is 0 Å². The van der Waals surface area contributed by atoms with Crippen LogP contribution in [0.1, 0.15) is 37.0 Å². The van der Waals surface area contributed by atoms with Crippen LogP contribution in [-0.4, -0.2) is 16.9 Å². The zero-order chi connectivity index (χ0) is 12.4. The van der Waals surface area contributed by atoms with Crippen molar-refractivity contribution in [3.05, 3.63) is 34.2 Å². The molecule has 1 fully saturated rings. The standard InChI is InChI=1S/C13H18N2O2/c1-8-3-5-11(9(8)2)15-13(17)10-4-6-12(16)14-7-10/h4,6-9,11H,3,5H2,1-2H3,(H,14,16)(H,15,17). The first-order valence-electron chi connectivity index (χ1n) is 6.07. The monoisotopic (exact) mass is 234 g/mol. The van der Waals surface area contributed by atoms with E-state index in [1.165, 1.54) is 12.3 Å². The minimum atomic E-state index is -0.190. The summed E-state index contributed by atoms with van der Waals surface area (Å²) in [6.07, 6.45) is 3.66. The molecule has 2 rings (SSSR count).